The first-order chi connectivity index (χ1) is 11.3. The van der Waals surface area contributed by atoms with Crippen LogP contribution in [-0.2, 0) is 9.47 Å². The number of ether oxygens (including phenoxy) is 2. The van der Waals surface area contributed by atoms with Crippen molar-refractivity contribution in [1.29, 1.82) is 0 Å². The van der Waals surface area contributed by atoms with Crippen LogP contribution >= 0.6 is 0 Å². The average molecular weight is 325 g/mol. The fourth-order valence-corrected chi connectivity index (χ4v) is 2.44. The summed E-state index contributed by atoms with van der Waals surface area (Å²) in [7, 11) is 0. The number of hydrogen-bond acceptors (Lipinski definition) is 2. The van der Waals surface area contributed by atoms with Gasteiger partial charge in [0.1, 0.15) is 0 Å². The van der Waals surface area contributed by atoms with E-state index in [0.29, 0.717) is 0 Å². The van der Waals surface area contributed by atoms with E-state index in [2.05, 4.69) is 27.7 Å². The van der Waals surface area contributed by atoms with Crippen molar-refractivity contribution in [2.75, 3.05) is 13.2 Å². The van der Waals surface area contributed by atoms with Crippen molar-refractivity contribution < 1.29 is 9.47 Å². The van der Waals surface area contributed by atoms with Gasteiger partial charge in [-0.3, -0.25) is 0 Å². The van der Waals surface area contributed by atoms with Gasteiger partial charge >= 0.3 is 0 Å². The van der Waals surface area contributed by atoms with Crippen molar-refractivity contribution >= 4 is 0 Å². The van der Waals surface area contributed by atoms with Crippen LogP contribution in [0.5, 0.6) is 0 Å². The van der Waals surface area contributed by atoms with Gasteiger partial charge < -0.3 is 9.47 Å². The second-order valence-electron chi connectivity index (χ2n) is 6.18. The van der Waals surface area contributed by atoms with Crippen molar-refractivity contribution in [3.05, 3.63) is 23.7 Å². The first-order valence-corrected chi connectivity index (χ1v) is 9.87. The Balaban J connectivity index is 3.28. The molecule has 0 aromatic rings. The number of hydrogen-bond donors (Lipinski definition) is 0. The van der Waals surface area contributed by atoms with Gasteiger partial charge in [-0.05, 0) is 49.7 Å². The summed E-state index contributed by atoms with van der Waals surface area (Å²) in [6.07, 6.45) is 17.3. The van der Waals surface area contributed by atoms with E-state index in [1.807, 2.05) is 12.5 Å². The normalized spacial score (nSPS) is 10.3. The molecule has 0 rings (SSSR count). The van der Waals surface area contributed by atoms with Crippen LogP contribution in [0.1, 0.15) is 98.3 Å². The van der Waals surface area contributed by atoms with Gasteiger partial charge in [0.2, 0.25) is 0 Å². The predicted octanol–water partition coefficient (Wildman–Crippen LogP) is 7.16. The minimum atomic E-state index is 0.876. The van der Waals surface area contributed by atoms with Crippen LogP contribution in [-0.4, -0.2) is 13.2 Å². The Labute approximate surface area is 145 Å². The zero-order valence-electron chi connectivity index (χ0n) is 16.2. The molecular weight excluding hydrogens is 284 g/mol. The third-order valence-corrected chi connectivity index (χ3v) is 4.34. The van der Waals surface area contributed by atoms with Gasteiger partial charge in [0.25, 0.3) is 0 Å². The average Bonchev–Trinajstić information content (AvgIpc) is 2.59. The SMILES string of the molecule is CCC(=COCCCCCCCCCOC=C(CC)CC)CC. The maximum atomic E-state index is 5.60. The second-order valence-corrected chi connectivity index (χ2v) is 6.18. The van der Waals surface area contributed by atoms with Crippen LogP contribution in [0.3, 0.4) is 0 Å². The molecule has 0 atom stereocenters. The lowest BCUT2D eigenvalue weighted by atomic mass is 10.1. The van der Waals surface area contributed by atoms with Gasteiger partial charge in [0.15, 0.2) is 0 Å². The van der Waals surface area contributed by atoms with E-state index in [4.69, 9.17) is 9.47 Å². The van der Waals surface area contributed by atoms with Crippen LogP contribution in [0.25, 0.3) is 0 Å². The van der Waals surface area contributed by atoms with E-state index in [-0.39, 0.29) is 0 Å². The van der Waals surface area contributed by atoms with Crippen molar-refractivity contribution in [1.82, 2.24) is 0 Å². The van der Waals surface area contributed by atoms with Gasteiger partial charge in [-0.15, -0.1) is 0 Å². The van der Waals surface area contributed by atoms with Crippen molar-refractivity contribution in [2.45, 2.75) is 98.3 Å². The maximum absolute atomic E-state index is 5.60. The first kappa shape index (κ1) is 22.1. The lowest BCUT2D eigenvalue weighted by Crippen LogP contribution is -1.91. The van der Waals surface area contributed by atoms with Gasteiger partial charge in [0.05, 0.1) is 25.7 Å². The zero-order chi connectivity index (χ0) is 17.2. The molecule has 0 radical (unpaired) electrons. The Morgan fingerprint density at radius 2 is 0.826 bits per heavy atom. The molecule has 0 aromatic carbocycles. The Kier molecular flexibility index (Phi) is 16.7. The minimum Gasteiger partial charge on any atom is -0.501 e. The van der Waals surface area contributed by atoms with Crippen LogP contribution in [0.15, 0.2) is 23.7 Å². The summed E-state index contributed by atoms with van der Waals surface area (Å²) in [6, 6.07) is 0. The summed E-state index contributed by atoms with van der Waals surface area (Å²) in [5, 5.41) is 0. The fraction of sp³-hybridized carbons (Fsp3) is 0.810. The molecule has 0 spiro atoms. The molecule has 0 saturated carbocycles. The number of allylic oxidation sites excluding steroid dienone is 2. The number of unbranched alkanes of at least 4 members (excludes halogenated alkanes) is 6. The molecule has 0 aromatic heterocycles. The highest BCUT2D eigenvalue weighted by molar-refractivity contribution is 4.95. The summed E-state index contributed by atoms with van der Waals surface area (Å²) < 4.78 is 11.2. The minimum absolute atomic E-state index is 0.876. The van der Waals surface area contributed by atoms with E-state index in [1.54, 1.807) is 0 Å². The van der Waals surface area contributed by atoms with E-state index in [9.17, 15) is 0 Å². The molecule has 0 bridgehead atoms. The molecule has 0 heterocycles. The molecule has 0 N–H and O–H groups in total. The Morgan fingerprint density at radius 3 is 1.13 bits per heavy atom. The molecule has 0 unspecified atom stereocenters. The topological polar surface area (TPSA) is 18.5 Å². The van der Waals surface area contributed by atoms with Crippen LogP contribution in [0.2, 0.25) is 0 Å². The summed E-state index contributed by atoms with van der Waals surface area (Å²) >= 11 is 0. The standard InChI is InChI=1S/C21H40O2/c1-5-20(6-2)18-22-16-14-12-10-9-11-13-15-17-23-19-21(7-3)8-4/h18-19H,5-17H2,1-4H3. The van der Waals surface area contributed by atoms with Crippen LogP contribution in [0, 0.1) is 0 Å². The number of rotatable bonds is 16. The van der Waals surface area contributed by atoms with Gasteiger partial charge in [-0.1, -0.05) is 59.8 Å². The van der Waals surface area contributed by atoms with Crippen molar-refractivity contribution in [3.63, 3.8) is 0 Å². The quantitative estimate of drug-likeness (QED) is 0.221. The summed E-state index contributed by atoms with van der Waals surface area (Å²) in [4.78, 5) is 0. The smallest absolute Gasteiger partial charge is 0.0873 e. The molecule has 2 heteroatoms. The molecular formula is C21H40O2. The van der Waals surface area contributed by atoms with Gasteiger partial charge in [-0.25, -0.2) is 0 Å². The summed E-state index contributed by atoms with van der Waals surface area (Å²) in [5.74, 6) is 0. The second kappa shape index (κ2) is 17.4. The third-order valence-electron chi connectivity index (χ3n) is 4.34. The lowest BCUT2D eigenvalue weighted by Gasteiger charge is -2.05. The highest BCUT2D eigenvalue weighted by Gasteiger charge is 1.94. The van der Waals surface area contributed by atoms with Crippen LogP contribution < -0.4 is 0 Å². The molecule has 0 saturated heterocycles. The molecule has 0 amide bonds. The molecule has 0 aliphatic heterocycles. The van der Waals surface area contributed by atoms with Gasteiger partial charge in [-0.2, -0.15) is 0 Å². The summed E-state index contributed by atoms with van der Waals surface area (Å²) in [6.45, 7) is 10.5. The lowest BCUT2D eigenvalue weighted by molar-refractivity contribution is 0.233. The molecule has 0 aliphatic carbocycles. The Hall–Kier alpha value is -0.920. The molecule has 0 aliphatic rings. The Bertz CT molecular complexity index is 263. The zero-order valence-corrected chi connectivity index (χ0v) is 16.2. The van der Waals surface area contributed by atoms with E-state index >= 15 is 0 Å². The predicted molar refractivity (Wildman–Crippen MR) is 102 cm³/mol. The summed E-state index contributed by atoms with van der Waals surface area (Å²) in [5.41, 5.74) is 2.82. The first-order valence-electron chi connectivity index (χ1n) is 9.87. The maximum Gasteiger partial charge on any atom is 0.0873 e. The Morgan fingerprint density at radius 1 is 0.522 bits per heavy atom. The fourth-order valence-electron chi connectivity index (χ4n) is 2.44. The third kappa shape index (κ3) is 14.4. The van der Waals surface area contributed by atoms with Gasteiger partial charge in [0, 0.05) is 0 Å². The van der Waals surface area contributed by atoms with E-state index in [0.717, 1.165) is 38.9 Å². The molecule has 23 heavy (non-hydrogen) atoms. The van der Waals surface area contributed by atoms with Crippen LogP contribution in [0.4, 0.5) is 0 Å². The largest absolute Gasteiger partial charge is 0.501 e. The van der Waals surface area contributed by atoms with Crippen molar-refractivity contribution in [2.24, 2.45) is 0 Å². The molecule has 0 fully saturated rings. The monoisotopic (exact) mass is 324 g/mol. The molecule has 136 valence electrons. The van der Waals surface area contributed by atoms with E-state index < -0.39 is 0 Å². The van der Waals surface area contributed by atoms with Crippen molar-refractivity contribution in [3.8, 4) is 0 Å². The molecule has 2 nitrogen and oxygen atoms in total. The highest BCUT2D eigenvalue weighted by Crippen LogP contribution is 2.10. The van der Waals surface area contributed by atoms with E-state index in [1.165, 1.54) is 56.1 Å². The highest BCUT2D eigenvalue weighted by atomic mass is 16.5.